The van der Waals surface area contributed by atoms with Gasteiger partial charge < -0.3 is 4.42 Å². The number of allylic oxidation sites excluding steroid dienone is 2. The number of nitro benzene ring substituents is 1. The van der Waals surface area contributed by atoms with Gasteiger partial charge >= 0.3 is 0 Å². The molecule has 0 spiro atoms. The van der Waals surface area contributed by atoms with Gasteiger partial charge in [0.1, 0.15) is 16.5 Å². The van der Waals surface area contributed by atoms with Gasteiger partial charge in [0.15, 0.2) is 0 Å². The zero-order valence-corrected chi connectivity index (χ0v) is 16.8. The number of amides is 2. The Kier molecular flexibility index (Phi) is 3.80. The van der Waals surface area contributed by atoms with Crippen LogP contribution in [-0.2, 0) is 9.59 Å². The minimum atomic E-state index is -0.562. The molecule has 0 N–H and O–H groups in total. The number of hydrazone groups is 1. The van der Waals surface area contributed by atoms with E-state index in [0.717, 1.165) is 11.4 Å². The Morgan fingerprint density at radius 1 is 1.10 bits per heavy atom. The molecule has 156 valence electrons. The Morgan fingerprint density at radius 3 is 2.42 bits per heavy atom. The third kappa shape index (κ3) is 2.64. The smallest absolute Gasteiger partial charge is 0.288 e. The summed E-state index contributed by atoms with van der Waals surface area (Å²) in [7, 11) is 0. The van der Waals surface area contributed by atoms with Crippen LogP contribution in [0.25, 0.3) is 11.3 Å². The van der Waals surface area contributed by atoms with Crippen LogP contribution >= 0.6 is 11.6 Å². The van der Waals surface area contributed by atoms with Gasteiger partial charge in [-0.15, -0.1) is 0 Å². The van der Waals surface area contributed by atoms with Crippen molar-refractivity contribution in [1.82, 2.24) is 5.01 Å². The molecule has 3 fully saturated rings. The van der Waals surface area contributed by atoms with Crippen LogP contribution in [0.2, 0.25) is 5.02 Å². The Hall–Kier alpha value is -3.26. The second kappa shape index (κ2) is 6.37. The van der Waals surface area contributed by atoms with E-state index >= 15 is 0 Å². The van der Waals surface area contributed by atoms with E-state index < -0.39 is 4.92 Å². The number of hydrogen-bond acceptors (Lipinski definition) is 6. The highest BCUT2D eigenvalue weighted by Gasteiger charge is 2.67. The molecule has 1 saturated heterocycles. The maximum atomic E-state index is 12.9. The summed E-state index contributed by atoms with van der Waals surface area (Å²) in [6, 6.07) is 7.63. The van der Waals surface area contributed by atoms with Gasteiger partial charge in [-0.3, -0.25) is 19.7 Å². The molecule has 0 radical (unpaired) electrons. The highest BCUT2D eigenvalue weighted by molar-refractivity contribution is 6.32. The summed E-state index contributed by atoms with van der Waals surface area (Å²) in [6.45, 7) is 0. The second-order valence-corrected chi connectivity index (χ2v) is 8.92. The first-order valence-corrected chi connectivity index (χ1v) is 10.5. The van der Waals surface area contributed by atoms with Crippen LogP contribution in [-0.4, -0.2) is 28.0 Å². The molecule has 9 heteroatoms. The topological polar surface area (TPSA) is 106 Å². The number of imide groups is 1. The van der Waals surface area contributed by atoms with Gasteiger partial charge in [0.05, 0.1) is 23.0 Å². The fourth-order valence-corrected chi connectivity index (χ4v) is 5.74. The lowest BCUT2D eigenvalue weighted by Gasteiger charge is -2.37. The molecular formula is C22H16ClN3O5. The molecule has 1 aromatic heterocycles. The standard InChI is InChI=1S/C22H16ClN3O5/c23-16-5-1-10(7-17(16)26(29)30)18-6-2-11(31-18)9-24-25-21(27)19-12-3-4-13(15-8-14(12)15)20(19)22(25)28/h1-7,9,12-15,19-20H,8H2. The molecule has 31 heavy (non-hydrogen) atoms. The van der Waals surface area contributed by atoms with Crippen molar-refractivity contribution in [3.05, 3.63) is 63.4 Å². The number of carbonyl (C=O) groups is 2. The molecule has 2 aromatic rings. The number of nitrogens with zero attached hydrogens (tertiary/aromatic N) is 3. The van der Waals surface area contributed by atoms with Crippen molar-refractivity contribution in [1.29, 1.82) is 0 Å². The fraction of sp³-hybridized carbons (Fsp3) is 0.318. The molecule has 7 rings (SSSR count). The van der Waals surface area contributed by atoms with Crippen LogP contribution in [0.4, 0.5) is 5.69 Å². The first kappa shape index (κ1) is 18.5. The molecule has 2 amide bonds. The van der Waals surface area contributed by atoms with Gasteiger partial charge in [-0.1, -0.05) is 23.8 Å². The van der Waals surface area contributed by atoms with Gasteiger partial charge in [-0.2, -0.15) is 10.1 Å². The molecule has 1 aromatic carbocycles. The van der Waals surface area contributed by atoms with Crippen molar-refractivity contribution in [2.45, 2.75) is 6.42 Å². The number of nitro groups is 1. The lowest BCUT2D eigenvalue weighted by Crippen LogP contribution is -2.40. The van der Waals surface area contributed by atoms with Crippen LogP contribution in [0.15, 0.2) is 52.0 Å². The summed E-state index contributed by atoms with van der Waals surface area (Å²) in [5.41, 5.74) is 0.264. The second-order valence-electron chi connectivity index (χ2n) is 8.51. The van der Waals surface area contributed by atoms with Crippen LogP contribution in [0, 0.1) is 45.6 Å². The van der Waals surface area contributed by atoms with E-state index in [0.29, 0.717) is 28.9 Å². The summed E-state index contributed by atoms with van der Waals surface area (Å²) in [5.74, 6) is 0.992. The summed E-state index contributed by atoms with van der Waals surface area (Å²) in [4.78, 5) is 36.4. The van der Waals surface area contributed by atoms with E-state index in [1.54, 1.807) is 18.2 Å². The van der Waals surface area contributed by atoms with Crippen LogP contribution in [0.1, 0.15) is 12.2 Å². The minimum absolute atomic E-state index is 0.0377. The Balaban J connectivity index is 1.24. The van der Waals surface area contributed by atoms with Crippen molar-refractivity contribution >= 4 is 35.3 Å². The van der Waals surface area contributed by atoms with E-state index in [1.807, 2.05) is 0 Å². The van der Waals surface area contributed by atoms with Crippen LogP contribution in [0.3, 0.4) is 0 Å². The highest BCUT2D eigenvalue weighted by atomic mass is 35.5. The predicted molar refractivity (Wildman–Crippen MR) is 110 cm³/mol. The highest BCUT2D eigenvalue weighted by Crippen LogP contribution is 2.65. The summed E-state index contributed by atoms with van der Waals surface area (Å²) >= 11 is 5.85. The first-order chi connectivity index (χ1) is 14.9. The van der Waals surface area contributed by atoms with Gasteiger partial charge in [-0.05, 0) is 54.4 Å². The Morgan fingerprint density at radius 2 is 1.77 bits per heavy atom. The van der Waals surface area contributed by atoms with Gasteiger partial charge in [0, 0.05) is 11.6 Å². The summed E-state index contributed by atoms with van der Waals surface area (Å²) in [5, 5.41) is 16.3. The number of rotatable bonds is 4. The molecule has 2 bridgehead atoms. The van der Waals surface area contributed by atoms with Gasteiger partial charge in [0.25, 0.3) is 17.5 Å². The summed E-state index contributed by atoms with van der Waals surface area (Å²) in [6.07, 6.45) is 6.67. The van der Waals surface area contributed by atoms with E-state index in [4.69, 9.17) is 16.0 Å². The average Bonchev–Trinajstić information content (AvgIpc) is 3.39. The Labute approximate surface area is 181 Å². The molecule has 5 aliphatic rings. The van der Waals surface area contributed by atoms with Crippen molar-refractivity contribution in [3.63, 3.8) is 0 Å². The lowest BCUT2D eigenvalue weighted by atomic mass is 9.63. The SMILES string of the molecule is O=C1C2C3C=CC(C4CC34)C2C(=O)N1N=Cc1ccc(-c2ccc(Cl)c([N+](=O)[O-])c2)o1. The maximum Gasteiger partial charge on any atom is 0.288 e. The molecule has 2 saturated carbocycles. The van der Waals surface area contributed by atoms with E-state index in [1.165, 1.54) is 18.3 Å². The number of halogens is 1. The zero-order valence-electron chi connectivity index (χ0n) is 16.1. The molecule has 4 aliphatic carbocycles. The van der Waals surface area contributed by atoms with Crippen LogP contribution in [0.5, 0.6) is 0 Å². The molecule has 1 aliphatic heterocycles. The molecular weight excluding hydrogens is 422 g/mol. The first-order valence-electron chi connectivity index (χ1n) is 10.1. The normalized spacial score (nSPS) is 32.6. The lowest BCUT2D eigenvalue weighted by molar-refractivity contribution is -0.384. The van der Waals surface area contributed by atoms with E-state index in [2.05, 4.69) is 17.3 Å². The summed E-state index contributed by atoms with van der Waals surface area (Å²) < 4.78 is 5.70. The number of hydrogen-bond donors (Lipinski definition) is 0. The number of carbonyl (C=O) groups excluding carboxylic acids is 2. The van der Waals surface area contributed by atoms with Crippen molar-refractivity contribution in [2.24, 2.45) is 40.6 Å². The number of furan rings is 1. The Bertz CT molecular complexity index is 1180. The van der Waals surface area contributed by atoms with E-state index in [-0.39, 0.29) is 46.2 Å². The zero-order chi connectivity index (χ0) is 21.4. The fourth-order valence-electron chi connectivity index (χ4n) is 5.55. The van der Waals surface area contributed by atoms with Crippen LogP contribution < -0.4 is 0 Å². The molecule has 2 heterocycles. The van der Waals surface area contributed by atoms with Crippen molar-refractivity contribution < 1.29 is 18.9 Å². The minimum Gasteiger partial charge on any atom is -0.455 e. The molecule has 6 unspecified atom stereocenters. The van der Waals surface area contributed by atoms with Gasteiger partial charge in [0.2, 0.25) is 0 Å². The number of benzene rings is 1. The predicted octanol–water partition coefficient (Wildman–Crippen LogP) is 3.90. The van der Waals surface area contributed by atoms with Crippen molar-refractivity contribution in [2.75, 3.05) is 0 Å². The third-order valence-electron chi connectivity index (χ3n) is 6.99. The average molecular weight is 438 g/mol. The molecule has 6 atom stereocenters. The maximum absolute atomic E-state index is 12.9. The quantitative estimate of drug-likeness (QED) is 0.237. The van der Waals surface area contributed by atoms with Crippen molar-refractivity contribution in [3.8, 4) is 11.3 Å². The van der Waals surface area contributed by atoms with Gasteiger partial charge in [-0.25, -0.2) is 0 Å². The van der Waals surface area contributed by atoms with E-state index in [9.17, 15) is 19.7 Å². The monoisotopic (exact) mass is 437 g/mol. The largest absolute Gasteiger partial charge is 0.455 e. The molecule has 8 nitrogen and oxygen atoms in total. The third-order valence-corrected chi connectivity index (χ3v) is 7.31.